The Morgan fingerprint density at radius 1 is 1.37 bits per heavy atom. The number of rotatable bonds is 2. The minimum Gasteiger partial charge on any atom is -0.381 e. The molecule has 1 atom stereocenters. The van der Waals surface area contributed by atoms with Crippen LogP contribution in [0.15, 0.2) is 35.3 Å². The van der Waals surface area contributed by atoms with Gasteiger partial charge in [0.25, 0.3) is 0 Å². The maximum atomic E-state index is 5.96. The SMILES string of the molecule is Nc1ncc(Br)nc1N1CCC[C@@H]1c1cccnc1. The monoisotopic (exact) mass is 319 g/mol. The minimum atomic E-state index is 0.277. The molecule has 0 bridgehead atoms. The number of nitrogens with two attached hydrogens (primary N) is 1. The Bertz CT molecular complexity index is 575. The Morgan fingerprint density at radius 3 is 3.05 bits per heavy atom. The van der Waals surface area contributed by atoms with E-state index in [1.807, 2.05) is 12.3 Å². The second kappa shape index (κ2) is 5.13. The van der Waals surface area contributed by atoms with Gasteiger partial charge in [-0.05, 0) is 40.4 Å². The summed E-state index contributed by atoms with van der Waals surface area (Å²) in [4.78, 5) is 15.0. The summed E-state index contributed by atoms with van der Waals surface area (Å²) in [5.74, 6) is 1.22. The molecule has 1 saturated heterocycles. The van der Waals surface area contributed by atoms with Crippen molar-refractivity contribution in [2.45, 2.75) is 18.9 Å². The molecule has 5 nitrogen and oxygen atoms in total. The Kier molecular flexibility index (Phi) is 3.33. The molecule has 1 fully saturated rings. The third kappa shape index (κ3) is 2.40. The zero-order valence-corrected chi connectivity index (χ0v) is 11.9. The first-order valence-electron chi connectivity index (χ1n) is 6.20. The average molecular weight is 320 g/mol. The van der Waals surface area contributed by atoms with Crippen molar-refractivity contribution in [1.82, 2.24) is 15.0 Å². The van der Waals surface area contributed by atoms with Gasteiger partial charge in [0.15, 0.2) is 11.6 Å². The van der Waals surface area contributed by atoms with E-state index in [1.165, 1.54) is 5.56 Å². The van der Waals surface area contributed by atoms with Crippen LogP contribution in [0.2, 0.25) is 0 Å². The fraction of sp³-hybridized carbons (Fsp3) is 0.308. The summed E-state index contributed by atoms with van der Waals surface area (Å²) in [6.07, 6.45) is 7.52. The second-order valence-electron chi connectivity index (χ2n) is 4.54. The van der Waals surface area contributed by atoms with Gasteiger partial charge in [0.1, 0.15) is 4.60 Å². The number of hydrogen-bond donors (Lipinski definition) is 1. The van der Waals surface area contributed by atoms with Crippen LogP contribution in [-0.2, 0) is 0 Å². The number of anilines is 2. The summed E-state index contributed by atoms with van der Waals surface area (Å²) in [5.41, 5.74) is 7.15. The highest BCUT2D eigenvalue weighted by atomic mass is 79.9. The molecule has 3 rings (SSSR count). The quantitative estimate of drug-likeness (QED) is 0.921. The lowest BCUT2D eigenvalue weighted by Gasteiger charge is -2.26. The molecule has 2 aromatic rings. The molecule has 0 aliphatic carbocycles. The van der Waals surface area contributed by atoms with Crippen molar-refractivity contribution in [3.8, 4) is 0 Å². The summed E-state index contributed by atoms with van der Waals surface area (Å²) in [7, 11) is 0. The molecular formula is C13H14BrN5. The summed E-state index contributed by atoms with van der Waals surface area (Å²) in [5, 5.41) is 0. The average Bonchev–Trinajstić information content (AvgIpc) is 2.91. The Labute approximate surface area is 120 Å². The molecule has 0 unspecified atom stereocenters. The van der Waals surface area contributed by atoms with Crippen LogP contribution in [0.25, 0.3) is 0 Å². The smallest absolute Gasteiger partial charge is 0.173 e. The van der Waals surface area contributed by atoms with Crippen molar-refractivity contribution >= 4 is 27.6 Å². The van der Waals surface area contributed by atoms with Crippen molar-refractivity contribution < 1.29 is 0 Å². The molecule has 0 aromatic carbocycles. The number of nitrogen functional groups attached to an aromatic ring is 1. The van der Waals surface area contributed by atoms with Crippen LogP contribution in [0.1, 0.15) is 24.4 Å². The van der Waals surface area contributed by atoms with Gasteiger partial charge in [-0.2, -0.15) is 0 Å². The van der Waals surface area contributed by atoms with Crippen LogP contribution in [0, 0.1) is 0 Å². The first-order valence-corrected chi connectivity index (χ1v) is 6.99. The van der Waals surface area contributed by atoms with Gasteiger partial charge in [-0.1, -0.05) is 6.07 Å². The lowest BCUT2D eigenvalue weighted by atomic mass is 10.1. The van der Waals surface area contributed by atoms with Gasteiger partial charge < -0.3 is 10.6 Å². The van der Waals surface area contributed by atoms with Crippen LogP contribution in [-0.4, -0.2) is 21.5 Å². The van der Waals surface area contributed by atoms with Crippen molar-refractivity contribution in [1.29, 1.82) is 0 Å². The summed E-state index contributed by atoms with van der Waals surface area (Å²) in [6.45, 7) is 0.939. The molecule has 98 valence electrons. The fourth-order valence-electron chi connectivity index (χ4n) is 2.52. The highest BCUT2D eigenvalue weighted by molar-refractivity contribution is 9.10. The number of pyridine rings is 1. The zero-order chi connectivity index (χ0) is 13.2. The van der Waals surface area contributed by atoms with Gasteiger partial charge in [-0.15, -0.1) is 0 Å². The number of aromatic nitrogens is 3. The molecule has 0 radical (unpaired) electrons. The number of halogens is 1. The largest absolute Gasteiger partial charge is 0.381 e. The van der Waals surface area contributed by atoms with E-state index in [0.29, 0.717) is 10.4 Å². The second-order valence-corrected chi connectivity index (χ2v) is 5.35. The lowest BCUT2D eigenvalue weighted by molar-refractivity contribution is 0.707. The molecule has 2 N–H and O–H groups in total. The summed E-state index contributed by atoms with van der Waals surface area (Å²) in [6, 6.07) is 4.33. The number of hydrogen-bond acceptors (Lipinski definition) is 5. The summed E-state index contributed by atoms with van der Waals surface area (Å²) < 4.78 is 0.702. The highest BCUT2D eigenvalue weighted by Crippen LogP contribution is 2.37. The van der Waals surface area contributed by atoms with Crippen LogP contribution in [0.4, 0.5) is 11.6 Å². The molecule has 1 aliphatic rings. The first-order chi connectivity index (χ1) is 9.25. The normalized spacial score (nSPS) is 18.8. The van der Waals surface area contributed by atoms with E-state index >= 15 is 0 Å². The molecule has 3 heterocycles. The standard InChI is InChI=1S/C13H14BrN5/c14-11-8-17-12(15)13(18-11)19-6-2-4-10(19)9-3-1-5-16-7-9/h1,3,5,7-8,10H,2,4,6H2,(H2,15,17)/t10-/m1/s1. The van der Waals surface area contributed by atoms with Gasteiger partial charge in [0.2, 0.25) is 0 Å². The maximum Gasteiger partial charge on any atom is 0.173 e. The van der Waals surface area contributed by atoms with Gasteiger partial charge >= 0.3 is 0 Å². The molecule has 19 heavy (non-hydrogen) atoms. The molecule has 0 saturated carbocycles. The zero-order valence-electron chi connectivity index (χ0n) is 10.3. The predicted molar refractivity (Wildman–Crippen MR) is 77.7 cm³/mol. The lowest BCUT2D eigenvalue weighted by Crippen LogP contribution is -2.25. The maximum absolute atomic E-state index is 5.96. The Morgan fingerprint density at radius 2 is 2.26 bits per heavy atom. The third-order valence-electron chi connectivity index (χ3n) is 3.35. The van der Waals surface area contributed by atoms with Crippen LogP contribution >= 0.6 is 15.9 Å². The van der Waals surface area contributed by atoms with E-state index in [-0.39, 0.29) is 6.04 Å². The third-order valence-corrected chi connectivity index (χ3v) is 3.73. The Balaban J connectivity index is 1.97. The van der Waals surface area contributed by atoms with Crippen molar-refractivity contribution in [3.05, 3.63) is 40.9 Å². The van der Waals surface area contributed by atoms with E-state index in [2.05, 4.69) is 41.8 Å². The van der Waals surface area contributed by atoms with Crippen LogP contribution < -0.4 is 10.6 Å². The Hall–Kier alpha value is -1.69. The van der Waals surface area contributed by atoms with Gasteiger partial charge in [0.05, 0.1) is 12.2 Å². The topological polar surface area (TPSA) is 67.9 Å². The number of nitrogens with zero attached hydrogens (tertiary/aromatic N) is 4. The molecule has 0 spiro atoms. The van der Waals surface area contributed by atoms with E-state index in [4.69, 9.17) is 5.73 Å². The van der Waals surface area contributed by atoms with Crippen LogP contribution in [0.3, 0.4) is 0 Å². The molecular weight excluding hydrogens is 306 g/mol. The molecule has 6 heteroatoms. The first kappa shape index (κ1) is 12.3. The van der Waals surface area contributed by atoms with Crippen molar-refractivity contribution in [3.63, 3.8) is 0 Å². The van der Waals surface area contributed by atoms with Gasteiger partial charge in [0, 0.05) is 18.9 Å². The van der Waals surface area contributed by atoms with Gasteiger partial charge in [-0.3, -0.25) is 4.98 Å². The van der Waals surface area contributed by atoms with Crippen molar-refractivity contribution in [2.75, 3.05) is 17.2 Å². The van der Waals surface area contributed by atoms with E-state index in [1.54, 1.807) is 12.4 Å². The van der Waals surface area contributed by atoms with E-state index in [9.17, 15) is 0 Å². The molecule has 2 aromatic heterocycles. The molecule has 1 aliphatic heterocycles. The minimum absolute atomic E-state index is 0.277. The van der Waals surface area contributed by atoms with Crippen LogP contribution in [0.5, 0.6) is 0 Å². The summed E-state index contributed by atoms with van der Waals surface area (Å²) >= 11 is 3.35. The van der Waals surface area contributed by atoms with E-state index in [0.717, 1.165) is 25.2 Å². The van der Waals surface area contributed by atoms with Gasteiger partial charge in [-0.25, -0.2) is 9.97 Å². The molecule has 0 amide bonds. The van der Waals surface area contributed by atoms with E-state index < -0.39 is 0 Å². The highest BCUT2D eigenvalue weighted by Gasteiger charge is 2.29. The predicted octanol–water partition coefficient (Wildman–Crippen LogP) is 2.56. The fourth-order valence-corrected chi connectivity index (χ4v) is 2.79. The van der Waals surface area contributed by atoms with Crippen molar-refractivity contribution in [2.24, 2.45) is 0 Å².